The average Bonchev–Trinajstić information content (AvgIpc) is 2.51. The van der Waals surface area contributed by atoms with Crippen molar-refractivity contribution < 1.29 is 23.0 Å². The largest absolute Gasteiger partial charge is 0.416 e. The predicted octanol–water partition coefficient (Wildman–Crippen LogP) is 2.89. The smallest absolute Gasteiger partial charge is 0.394 e. The molecule has 124 valence electrons. The van der Waals surface area contributed by atoms with Crippen molar-refractivity contribution in [1.29, 1.82) is 0 Å². The van der Waals surface area contributed by atoms with E-state index in [0.717, 1.165) is 38.0 Å². The fourth-order valence-corrected chi connectivity index (χ4v) is 2.79. The van der Waals surface area contributed by atoms with E-state index in [4.69, 9.17) is 9.84 Å². The second kappa shape index (κ2) is 7.94. The normalized spacial score (nSPS) is 17.8. The summed E-state index contributed by atoms with van der Waals surface area (Å²) in [7, 11) is 0. The van der Waals surface area contributed by atoms with Gasteiger partial charge in [0.05, 0.1) is 25.4 Å². The van der Waals surface area contributed by atoms with Gasteiger partial charge in [-0.2, -0.15) is 13.2 Å². The van der Waals surface area contributed by atoms with Crippen molar-refractivity contribution in [2.24, 2.45) is 0 Å². The first-order valence-corrected chi connectivity index (χ1v) is 7.59. The van der Waals surface area contributed by atoms with Gasteiger partial charge in [0.1, 0.15) is 0 Å². The number of nitrogens with zero attached hydrogens (tertiary/aromatic N) is 1. The molecule has 0 bridgehead atoms. The predicted molar refractivity (Wildman–Crippen MR) is 77.8 cm³/mol. The highest BCUT2D eigenvalue weighted by Gasteiger charge is 2.30. The summed E-state index contributed by atoms with van der Waals surface area (Å²) in [6.07, 6.45) is -2.37. The van der Waals surface area contributed by atoms with Crippen LogP contribution in [0.15, 0.2) is 24.3 Å². The number of rotatable bonds is 6. The molecule has 1 fully saturated rings. The van der Waals surface area contributed by atoms with Gasteiger partial charge in [0, 0.05) is 6.54 Å². The topological polar surface area (TPSA) is 32.7 Å². The minimum Gasteiger partial charge on any atom is -0.394 e. The first-order chi connectivity index (χ1) is 10.5. The lowest BCUT2D eigenvalue weighted by atomic mass is 9.89. The fraction of sp³-hybridized carbons (Fsp3) is 0.625. The number of likely N-dealkylation sites (tertiary alicyclic amines) is 1. The number of benzene rings is 1. The van der Waals surface area contributed by atoms with Crippen molar-refractivity contribution in [3.8, 4) is 0 Å². The Morgan fingerprint density at radius 3 is 2.27 bits per heavy atom. The second-order valence-electron chi connectivity index (χ2n) is 5.57. The van der Waals surface area contributed by atoms with E-state index in [1.54, 1.807) is 12.1 Å². The van der Waals surface area contributed by atoms with Gasteiger partial charge in [0.2, 0.25) is 0 Å². The molecule has 0 radical (unpaired) electrons. The number of hydrogen-bond acceptors (Lipinski definition) is 3. The first-order valence-electron chi connectivity index (χ1n) is 7.59. The van der Waals surface area contributed by atoms with Crippen LogP contribution in [0.2, 0.25) is 0 Å². The lowest BCUT2D eigenvalue weighted by molar-refractivity contribution is -0.137. The Bertz CT molecular complexity index is 440. The van der Waals surface area contributed by atoms with Gasteiger partial charge in [-0.3, -0.25) is 0 Å². The molecule has 1 heterocycles. The minimum absolute atomic E-state index is 0.0377. The highest BCUT2D eigenvalue weighted by Crippen LogP contribution is 2.32. The van der Waals surface area contributed by atoms with Crippen LogP contribution in [-0.4, -0.2) is 49.5 Å². The maximum absolute atomic E-state index is 12.6. The van der Waals surface area contributed by atoms with E-state index in [1.165, 1.54) is 12.1 Å². The zero-order chi connectivity index (χ0) is 16.0. The highest BCUT2D eigenvalue weighted by atomic mass is 19.4. The van der Waals surface area contributed by atoms with E-state index < -0.39 is 11.7 Å². The van der Waals surface area contributed by atoms with Crippen LogP contribution in [0, 0.1) is 0 Å². The maximum Gasteiger partial charge on any atom is 0.416 e. The van der Waals surface area contributed by atoms with E-state index in [2.05, 4.69) is 4.90 Å². The Kier molecular flexibility index (Phi) is 6.23. The van der Waals surface area contributed by atoms with Crippen molar-refractivity contribution in [3.63, 3.8) is 0 Å². The molecule has 0 saturated carbocycles. The van der Waals surface area contributed by atoms with Crippen molar-refractivity contribution in [2.75, 3.05) is 39.5 Å². The Balaban J connectivity index is 1.79. The molecule has 0 amide bonds. The molecule has 0 aliphatic carbocycles. The number of aliphatic hydroxyl groups excluding tert-OH is 1. The molecule has 1 aromatic rings. The van der Waals surface area contributed by atoms with E-state index >= 15 is 0 Å². The Morgan fingerprint density at radius 1 is 1.09 bits per heavy atom. The summed E-state index contributed by atoms with van der Waals surface area (Å²) in [6, 6.07) is 5.55. The quantitative estimate of drug-likeness (QED) is 0.819. The lowest BCUT2D eigenvalue weighted by Crippen LogP contribution is -2.35. The molecule has 0 atom stereocenters. The van der Waals surface area contributed by atoms with E-state index in [-0.39, 0.29) is 6.61 Å². The third-order valence-corrected chi connectivity index (χ3v) is 4.08. The van der Waals surface area contributed by atoms with Crippen LogP contribution in [0.4, 0.5) is 13.2 Å². The number of hydrogen-bond donors (Lipinski definition) is 1. The molecule has 0 unspecified atom stereocenters. The Labute approximate surface area is 128 Å². The Morgan fingerprint density at radius 2 is 1.73 bits per heavy atom. The zero-order valence-electron chi connectivity index (χ0n) is 12.5. The fourth-order valence-electron chi connectivity index (χ4n) is 2.79. The van der Waals surface area contributed by atoms with Crippen LogP contribution in [0.25, 0.3) is 0 Å². The SMILES string of the molecule is OCCOCCN1CCC(c2ccc(C(F)(F)F)cc2)CC1. The summed E-state index contributed by atoms with van der Waals surface area (Å²) in [5.41, 5.74) is 0.402. The summed E-state index contributed by atoms with van der Waals surface area (Å²) >= 11 is 0. The first kappa shape index (κ1) is 17.2. The van der Waals surface area contributed by atoms with Crippen LogP contribution in [0.5, 0.6) is 0 Å². The summed E-state index contributed by atoms with van der Waals surface area (Å²) in [5, 5.41) is 8.62. The van der Waals surface area contributed by atoms with Gasteiger partial charge in [-0.25, -0.2) is 0 Å². The van der Waals surface area contributed by atoms with Gasteiger partial charge in [-0.15, -0.1) is 0 Å². The van der Waals surface area contributed by atoms with Crippen molar-refractivity contribution in [1.82, 2.24) is 4.90 Å². The van der Waals surface area contributed by atoms with Gasteiger partial charge in [0.25, 0.3) is 0 Å². The van der Waals surface area contributed by atoms with Crippen LogP contribution in [0.1, 0.15) is 29.9 Å². The van der Waals surface area contributed by atoms with E-state index in [1.807, 2.05) is 0 Å². The monoisotopic (exact) mass is 317 g/mol. The van der Waals surface area contributed by atoms with E-state index in [0.29, 0.717) is 19.1 Å². The number of ether oxygens (including phenoxy) is 1. The van der Waals surface area contributed by atoms with Crippen molar-refractivity contribution >= 4 is 0 Å². The molecular weight excluding hydrogens is 295 g/mol. The molecule has 1 N–H and O–H groups in total. The van der Waals surface area contributed by atoms with Crippen LogP contribution < -0.4 is 0 Å². The number of piperidine rings is 1. The molecule has 1 saturated heterocycles. The van der Waals surface area contributed by atoms with Gasteiger partial charge >= 0.3 is 6.18 Å². The van der Waals surface area contributed by atoms with Gasteiger partial charge in [0.15, 0.2) is 0 Å². The molecule has 1 aliphatic heterocycles. The number of aliphatic hydroxyl groups is 1. The standard InChI is InChI=1S/C16H22F3NO2/c17-16(18,19)15-3-1-13(2-4-15)14-5-7-20(8-6-14)9-11-22-12-10-21/h1-4,14,21H,5-12H2. The third kappa shape index (κ3) is 4.97. The molecule has 2 rings (SSSR count). The third-order valence-electron chi connectivity index (χ3n) is 4.08. The van der Waals surface area contributed by atoms with Gasteiger partial charge in [-0.1, -0.05) is 12.1 Å². The lowest BCUT2D eigenvalue weighted by Gasteiger charge is -2.32. The second-order valence-corrected chi connectivity index (χ2v) is 5.57. The van der Waals surface area contributed by atoms with Crippen LogP contribution in [-0.2, 0) is 10.9 Å². The van der Waals surface area contributed by atoms with Gasteiger partial charge in [-0.05, 0) is 49.5 Å². The van der Waals surface area contributed by atoms with Gasteiger partial charge < -0.3 is 14.7 Å². The van der Waals surface area contributed by atoms with Crippen LogP contribution >= 0.6 is 0 Å². The van der Waals surface area contributed by atoms with Crippen molar-refractivity contribution in [3.05, 3.63) is 35.4 Å². The molecule has 6 heteroatoms. The molecule has 22 heavy (non-hydrogen) atoms. The van der Waals surface area contributed by atoms with E-state index in [9.17, 15) is 13.2 Å². The molecule has 0 spiro atoms. The molecule has 1 aromatic carbocycles. The molecule has 0 aromatic heterocycles. The Hall–Kier alpha value is -1.11. The van der Waals surface area contributed by atoms with Crippen molar-refractivity contribution in [2.45, 2.75) is 24.9 Å². The zero-order valence-corrected chi connectivity index (χ0v) is 12.5. The minimum atomic E-state index is -4.27. The maximum atomic E-state index is 12.6. The average molecular weight is 317 g/mol. The number of alkyl halides is 3. The summed E-state index contributed by atoms with van der Waals surface area (Å²) in [4.78, 5) is 2.29. The molecule has 1 aliphatic rings. The van der Waals surface area contributed by atoms with Crippen LogP contribution in [0.3, 0.4) is 0 Å². The summed E-state index contributed by atoms with van der Waals surface area (Å²) in [5.74, 6) is 0.330. The summed E-state index contributed by atoms with van der Waals surface area (Å²) < 4.78 is 42.9. The summed E-state index contributed by atoms with van der Waals surface area (Å²) in [6.45, 7) is 3.69. The highest BCUT2D eigenvalue weighted by molar-refractivity contribution is 5.27. The number of halogens is 3. The molecular formula is C16H22F3NO2. The molecule has 3 nitrogen and oxygen atoms in total.